The standard InChI is InChI=1S/C24H18F4N4O2/c1-32-19-10-6-5-9-18(19)20(14-7-3-2-4-8-14)30-21(22(32)33)31-23(34)29-17-12-15(24(26,27)28)11-16(25)13-17/h2-13,21H,1H3,(H2,29,31,34). The summed E-state index contributed by atoms with van der Waals surface area (Å²) >= 11 is 0. The normalized spacial score (nSPS) is 15.8. The highest BCUT2D eigenvalue weighted by molar-refractivity contribution is 6.20. The summed E-state index contributed by atoms with van der Waals surface area (Å²) in [6, 6.07) is 16.7. The summed E-state index contributed by atoms with van der Waals surface area (Å²) in [5.41, 5.74) is 0.700. The zero-order chi connectivity index (χ0) is 24.5. The van der Waals surface area contributed by atoms with Gasteiger partial charge in [0.1, 0.15) is 5.82 Å². The van der Waals surface area contributed by atoms with Crippen LogP contribution in [0.1, 0.15) is 16.7 Å². The molecule has 0 spiro atoms. The number of rotatable bonds is 3. The number of anilines is 2. The lowest BCUT2D eigenvalue weighted by Crippen LogP contribution is -2.47. The fraction of sp³-hybridized carbons (Fsp3) is 0.125. The lowest BCUT2D eigenvalue weighted by molar-refractivity contribution is -0.137. The Balaban J connectivity index is 1.66. The molecule has 3 aromatic carbocycles. The number of likely N-dealkylation sites (N-methyl/N-ethyl adjacent to an activating group) is 1. The van der Waals surface area contributed by atoms with Gasteiger partial charge in [0, 0.05) is 23.9 Å². The highest BCUT2D eigenvalue weighted by atomic mass is 19.4. The first-order valence-electron chi connectivity index (χ1n) is 10.1. The van der Waals surface area contributed by atoms with Crippen LogP contribution in [-0.4, -0.2) is 30.9 Å². The molecular formula is C24H18F4N4O2. The zero-order valence-electron chi connectivity index (χ0n) is 17.7. The van der Waals surface area contributed by atoms with Gasteiger partial charge in [-0.15, -0.1) is 0 Å². The number of halogens is 4. The molecule has 34 heavy (non-hydrogen) atoms. The number of carbonyl (C=O) groups excluding carboxylic acids is 2. The number of nitrogens with zero attached hydrogens (tertiary/aromatic N) is 2. The molecule has 2 N–H and O–H groups in total. The maximum atomic E-state index is 13.7. The second-order valence-corrected chi connectivity index (χ2v) is 7.49. The van der Waals surface area contributed by atoms with E-state index in [1.165, 1.54) is 11.9 Å². The number of nitrogens with one attached hydrogen (secondary N) is 2. The van der Waals surface area contributed by atoms with Gasteiger partial charge in [0.2, 0.25) is 6.17 Å². The number of amides is 3. The monoisotopic (exact) mass is 470 g/mol. The Morgan fingerprint density at radius 1 is 1.00 bits per heavy atom. The van der Waals surface area contributed by atoms with Gasteiger partial charge in [-0.3, -0.25) is 4.79 Å². The van der Waals surface area contributed by atoms with E-state index >= 15 is 0 Å². The fourth-order valence-electron chi connectivity index (χ4n) is 3.56. The molecule has 0 saturated heterocycles. The SMILES string of the molecule is CN1C(=O)C(NC(=O)Nc2cc(F)cc(C(F)(F)F)c2)N=C(c2ccccc2)c2ccccc21. The molecule has 1 aliphatic rings. The van der Waals surface area contributed by atoms with Crippen molar-refractivity contribution in [1.82, 2.24) is 5.32 Å². The average Bonchev–Trinajstić information content (AvgIpc) is 2.89. The number of benzodiazepines with no additional fused rings is 1. The summed E-state index contributed by atoms with van der Waals surface area (Å²) in [5.74, 6) is -1.74. The third-order valence-electron chi connectivity index (χ3n) is 5.14. The van der Waals surface area contributed by atoms with E-state index in [1.54, 1.807) is 48.5 Å². The van der Waals surface area contributed by atoms with Crippen LogP contribution in [0.2, 0.25) is 0 Å². The van der Waals surface area contributed by atoms with Crippen molar-refractivity contribution in [3.05, 3.63) is 95.3 Å². The Morgan fingerprint density at radius 3 is 2.38 bits per heavy atom. The van der Waals surface area contributed by atoms with Crippen molar-refractivity contribution in [2.24, 2.45) is 4.99 Å². The minimum Gasteiger partial charge on any atom is -0.311 e. The zero-order valence-corrected chi connectivity index (χ0v) is 17.7. The Hall–Kier alpha value is -4.21. The minimum atomic E-state index is -4.80. The van der Waals surface area contributed by atoms with Gasteiger partial charge < -0.3 is 15.5 Å². The predicted octanol–water partition coefficient (Wildman–Crippen LogP) is 4.81. The molecule has 1 aliphatic heterocycles. The van der Waals surface area contributed by atoms with E-state index in [-0.39, 0.29) is 0 Å². The summed E-state index contributed by atoms with van der Waals surface area (Å²) in [5, 5.41) is 4.51. The topological polar surface area (TPSA) is 73.8 Å². The maximum absolute atomic E-state index is 13.7. The molecular weight excluding hydrogens is 452 g/mol. The fourth-order valence-corrected chi connectivity index (χ4v) is 3.56. The number of aliphatic imine (C=N–C) groups is 1. The molecule has 1 atom stereocenters. The summed E-state index contributed by atoms with van der Waals surface area (Å²) in [4.78, 5) is 31.5. The van der Waals surface area contributed by atoms with Crippen LogP contribution in [0.3, 0.4) is 0 Å². The lowest BCUT2D eigenvalue weighted by atomic mass is 10.0. The highest BCUT2D eigenvalue weighted by Crippen LogP contribution is 2.32. The number of hydrogen-bond donors (Lipinski definition) is 2. The number of benzene rings is 3. The van der Waals surface area contributed by atoms with Crippen LogP contribution in [0.4, 0.5) is 33.7 Å². The molecule has 1 unspecified atom stereocenters. The number of para-hydroxylation sites is 1. The van der Waals surface area contributed by atoms with Crippen LogP contribution in [-0.2, 0) is 11.0 Å². The largest absolute Gasteiger partial charge is 0.416 e. The molecule has 0 aliphatic carbocycles. The smallest absolute Gasteiger partial charge is 0.311 e. The van der Waals surface area contributed by atoms with Crippen molar-refractivity contribution in [2.75, 3.05) is 17.3 Å². The molecule has 0 saturated carbocycles. The van der Waals surface area contributed by atoms with E-state index in [1.807, 2.05) is 6.07 Å². The van der Waals surface area contributed by atoms with Crippen LogP contribution in [0.5, 0.6) is 0 Å². The summed E-state index contributed by atoms with van der Waals surface area (Å²) in [6.45, 7) is 0. The Kier molecular flexibility index (Phi) is 6.06. The molecule has 3 aromatic rings. The Labute approximate surface area is 191 Å². The summed E-state index contributed by atoms with van der Waals surface area (Å²) in [6.07, 6.45) is -6.18. The van der Waals surface area contributed by atoms with Gasteiger partial charge >= 0.3 is 12.2 Å². The molecule has 1 heterocycles. The van der Waals surface area contributed by atoms with Crippen LogP contribution < -0.4 is 15.5 Å². The first-order chi connectivity index (χ1) is 16.1. The van der Waals surface area contributed by atoms with E-state index in [0.717, 1.165) is 6.07 Å². The van der Waals surface area contributed by atoms with E-state index in [4.69, 9.17) is 0 Å². The van der Waals surface area contributed by atoms with Crippen molar-refractivity contribution in [3.8, 4) is 0 Å². The highest BCUT2D eigenvalue weighted by Gasteiger charge is 2.33. The molecule has 10 heteroatoms. The van der Waals surface area contributed by atoms with Gasteiger partial charge in [-0.05, 0) is 24.3 Å². The third kappa shape index (κ3) is 4.75. The second kappa shape index (κ2) is 8.97. The number of carbonyl (C=O) groups is 2. The average molecular weight is 470 g/mol. The molecule has 0 fully saturated rings. The van der Waals surface area contributed by atoms with E-state index in [0.29, 0.717) is 34.7 Å². The van der Waals surface area contributed by atoms with Crippen molar-refractivity contribution < 1.29 is 27.2 Å². The third-order valence-corrected chi connectivity index (χ3v) is 5.14. The van der Waals surface area contributed by atoms with Crippen LogP contribution >= 0.6 is 0 Å². The second-order valence-electron chi connectivity index (χ2n) is 7.49. The molecule has 0 radical (unpaired) electrons. The quantitative estimate of drug-likeness (QED) is 0.540. The lowest BCUT2D eigenvalue weighted by Gasteiger charge is -2.21. The predicted molar refractivity (Wildman–Crippen MR) is 119 cm³/mol. The molecule has 4 rings (SSSR count). The van der Waals surface area contributed by atoms with Gasteiger partial charge in [0.25, 0.3) is 5.91 Å². The molecule has 174 valence electrons. The van der Waals surface area contributed by atoms with E-state index in [9.17, 15) is 27.2 Å². The van der Waals surface area contributed by atoms with Gasteiger partial charge in [-0.25, -0.2) is 14.2 Å². The van der Waals surface area contributed by atoms with Gasteiger partial charge in [-0.1, -0.05) is 48.5 Å². The maximum Gasteiger partial charge on any atom is 0.416 e. The summed E-state index contributed by atoms with van der Waals surface area (Å²) < 4.78 is 52.6. The summed E-state index contributed by atoms with van der Waals surface area (Å²) in [7, 11) is 1.53. The van der Waals surface area contributed by atoms with Gasteiger partial charge in [0.05, 0.1) is 17.0 Å². The van der Waals surface area contributed by atoms with E-state index < -0.39 is 41.3 Å². The molecule has 0 bridgehead atoms. The Bertz CT molecular complexity index is 1280. The Morgan fingerprint density at radius 2 is 1.68 bits per heavy atom. The van der Waals surface area contributed by atoms with Crippen molar-refractivity contribution in [1.29, 1.82) is 0 Å². The molecule has 0 aromatic heterocycles. The van der Waals surface area contributed by atoms with Crippen LogP contribution in [0.25, 0.3) is 0 Å². The first kappa shape index (κ1) is 23.0. The number of hydrogen-bond acceptors (Lipinski definition) is 3. The van der Waals surface area contributed by atoms with Gasteiger partial charge in [-0.2, -0.15) is 13.2 Å². The van der Waals surface area contributed by atoms with Crippen LogP contribution in [0, 0.1) is 5.82 Å². The molecule has 6 nitrogen and oxygen atoms in total. The van der Waals surface area contributed by atoms with Crippen molar-refractivity contribution in [2.45, 2.75) is 12.3 Å². The first-order valence-corrected chi connectivity index (χ1v) is 10.1. The number of alkyl halides is 3. The van der Waals surface area contributed by atoms with Crippen LogP contribution in [0.15, 0.2) is 77.8 Å². The minimum absolute atomic E-state index is 0.320. The van der Waals surface area contributed by atoms with E-state index in [2.05, 4.69) is 15.6 Å². The number of urea groups is 1. The van der Waals surface area contributed by atoms with Crippen molar-refractivity contribution >= 4 is 29.0 Å². The number of fused-ring (bicyclic) bond motifs is 1. The molecule has 3 amide bonds. The van der Waals surface area contributed by atoms with Gasteiger partial charge in [0.15, 0.2) is 0 Å². The van der Waals surface area contributed by atoms with Crippen molar-refractivity contribution in [3.63, 3.8) is 0 Å².